The summed E-state index contributed by atoms with van der Waals surface area (Å²) in [6, 6.07) is 3.66. The molecule has 0 aliphatic heterocycles. The van der Waals surface area contributed by atoms with Crippen LogP contribution in [-0.4, -0.2) is 19.6 Å². The van der Waals surface area contributed by atoms with Crippen molar-refractivity contribution in [2.75, 3.05) is 0 Å². The maximum atomic E-state index is 10.2. The molecule has 0 aliphatic carbocycles. The average molecular weight is 282 g/mol. The van der Waals surface area contributed by atoms with Crippen LogP contribution in [0.5, 0.6) is 0 Å². The molecule has 0 aliphatic rings. The lowest BCUT2D eigenvalue weighted by molar-refractivity contribution is 0.199. The van der Waals surface area contributed by atoms with Gasteiger partial charge in [0.25, 0.3) is 0 Å². The van der Waals surface area contributed by atoms with Crippen LogP contribution in [-0.2, 0) is 6.54 Å². The third-order valence-electron chi connectivity index (χ3n) is 2.38. The van der Waals surface area contributed by atoms with Crippen LogP contribution in [0.15, 0.2) is 35.2 Å². The molecule has 0 saturated carbocycles. The standard InChI is InChI=1S/C11H12BrN3O/c1-2-15-7-6-14-11(15)10(16)9-8(12)4-3-5-13-9/h3-7,10,16H,2H2,1H3. The Kier molecular flexibility index (Phi) is 3.36. The molecule has 84 valence electrons. The molecule has 5 heteroatoms. The first-order chi connectivity index (χ1) is 7.74. The van der Waals surface area contributed by atoms with Gasteiger partial charge in [-0.2, -0.15) is 0 Å². The number of pyridine rings is 1. The highest BCUT2D eigenvalue weighted by molar-refractivity contribution is 9.10. The summed E-state index contributed by atoms with van der Waals surface area (Å²) >= 11 is 3.37. The summed E-state index contributed by atoms with van der Waals surface area (Å²) in [4.78, 5) is 8.32. The minimum atomic E-state index is -0.800. The normalized spacial score (nSPS) is 12.7. The highest BCUT2D eigenvalue weighted by Crippen LogP contribution is 2.25. The fraction of sp³-hybridized carbons (Fsp3) is 0.273. The Bertz CT molecular complexity index is 484. The third-order valence-corrected chi connectivity index (χ3v) is 3.05. The summed E-state index contributed by atoms with van der Waals surface area (Å²) in [7, 11) is 0. The Morgan fingerprint density at radius 3 is 2.94 bits per heavy atom. The van der Waals surface area contributed by atoms with Crippen molar-refractivity contribution in [3.63, 3.8) is 0 Å². The van der Waals surface area contributed by atoms with Crippen LogP contribution in [0.3, 0.4) is 0 Å². The van der Waals surface area contributed by atoms with E-state index >= 15 is 0 Å². The van der Waals surface area contributed by atoms with Crippen LogP contribution in [0.2, 0.25) is 0 Å². The van der Waals surface area contributed by atoms with Crippen LogP contribution in [0.1, 0.15) is 24.5 Å². The van der Waals surface area contributed by atoms with Gasteiger partial charge in [-0.3, -0.25) is 4.98 Å². The fourth-order valence-electron chi connectivity index (χ4n) is 1.56. The van der Waals surface area contributed by atoms with Gasteiger partial charge < -0.3 is 9.67 Å². The molecule has 0 radical (unpaired) electrons. The van der Waals surface area contributed by atoms with E-state index < -0.39 is 6.10 Å². The first kappa shape index (κ1) is 11.3. The van der Waals surface area contributed by atoms with Gasteiger partial charge in [0.05, 0.1) is 5.69 Å². The number of hydrogen-bond acceptors (Lipinski definition) is 3. The van der Waals surface area contributed by atoms with E-state index in [1.54, 1.807) is 12.4 Å². The second kappa shape index (κ2) is 4.76. The molecule has 1 N–H and O–H groups in total. The lowest BCUT2D eigenvalue weighted by Crippen LogP contribution is -2.10. The second-order valence-corrected chi connectivity index (χ2v) is 4.20. The minimum Gasteiger partial charge on any atom is -0.379 e. The zero-order valence-electron chi connectivity index (χ0n) is 8.84. The summed E-state index contributed by atoms with van der Waals surface area (Å²) in [6.07, 6.45) is 4.38. The third kappa shape index (κ3) is 2.01. The molecule has 16 heavy (non-hydrogen) atoms. The molecule has 4 nitrogen and oxygen atoms in total. The molecule has 2 aromatic heterocycles. The van der Waals surface area contributed by atoms with Gasteiger partial charge in [0, 0.05) is 29.6 Å². The molecular weight excluding hydrogens is 270 g/mol. The van der Waals surface area contributed by atoms with E-state index in [1.165, 1.54) is 0 Å². The highest BCUT2D eigenvalue weighted by Gasteiger charge is 2.19. The Morgan fingerprint density at radius 2 is 2.25 bits per heavy atom. The Balaban J connectivity index is 2.39. The van der Waals surface area contributed by atoms with Crippen molar-refractivity contribution in [2.45, 2.75) is 19.6 Å². The number of nitrogens with zero attached hydrogens (tertiary/aromatic N) is 3. The predicted molar refractivity (Wildman–Crippen MR) is 63.9 cm³/mol. The summed E-state index contributed by atoms with van der Waals surface area (Å²) in [5.41, 5.74) is 0.586. The molecule has 2 aromatic rings. The van der Waals surface area contributed by atoms with Crippen LogP contribution in [0.4, 0.5) is 0 Å². The molecule has 0 spiro atoms. The average Bonchev–Trinajstić information content (AvgIpc) is 2.77. The van der Waals surface area contributed by atoms with Crippen LogP contribution in [0, 0.1) is 0 Å². The van der Waals surface area contributed by atoms with Gasteiger partial charge in [-0.25, -0.2) is 4.98 Å². The predicted octanol–water partition coefficient (Wildman–Crippen LogP) is 2.14. The van der Waals surface area contributed by atoms with Crippen molar-refractivity contribution in [1.29, 1.82) is 0 Å². The Morgan fingerprint density at radius 1 is 1.44 bits per heavy atom. The SMILES string of the molecule is CCn1ccnc1C(O)c1ncccc1Br. The van der Waals surface area contributed by atoms with Crippen molar-refractivity contribution < 1.29 is 5.11 Å². The van der Waals surface area contributed by atoms with E-state index in [2.05, 4.69) is 25.9 Å². The molecule has 0 bridgehead atoms. The highest BCUT2D eigenvalue weighted by atomic mass is 79.9. The van der Waals surface area contributed by atoms with E-state index in [-0.39, 0.29) is 0 Å². The van der Waals surface area contributed by atoms with Gasteiger partial charge in [-0.1, -0.05) is 0 Å². The second-order valence-electron chi connectivity index (χ2n) is 3.34. The zero-order chi connectivity index (χ0) is 11.5. The van der Waals surface area contributed by atoms with Gasteiger partial charge in [0.2, 0.25) is 0 Å². The lowest BCUT2D eigenvalue weighted by Gasteiger charge is -2.12. The van der Waals surface area contributed by atoms with E-state index in [1.807, 2.05) is 29.8 Å². The van der Waals surface area contributed by atoms with Crippen molar-refractivity contribution in [3.8, 4) is 0 Å². The summed E-state index contributed by atoms with van der Waals surface area (Å²) < 4.78 is 2.68. The van der Waals surface area contributed by atoms with Crippen LogP contribution >= 0.6 is 15.9 Å². The molecular formula is C11H12BrN3O. The van der Waals surface area contributed by atoms with Crippen molar-refractivity contribution in [3.05, 3.63) is 46.7 Å². The number of aliphatic hydroxyl groups excluding tert-OH is 1. The molecule has 0 saturated heterocycles. The summed E-state index contributed by atoms with van der Waals surface area (Å²) in [5.74, 6) is 0.613. The number of halogens is 1. The number of aryl methyl sites for hydroxylation is 1. The van der Waals surface area contributed by atoms with Crippen molar-refractivity contribution in [1.82, 2.24) is 14.5 Å². The maximum Gasteiger partial charge on any atom is 0.155 e. The number of aliphatic hydroxyl groups is 1. The van der Waals surface area contributed by atoms with Gasteiger partial charge >= 0.3 is 0 Å². The topological polar surface area (TPSA) is 50.9 Å². The van der Waals surface area contributed by atoms with Crippen LogP contribution in [0.25, 0.3) is 0 Å². The van der Waals surface area contributed by atoms with Gasteiger partial charge in [0.1, 0.15) is 5.82 Å². The molecule has 0 fully saturated rings. The summed E-state index contributed by atoms with van der Waals surface area (Å²) in [5, 5.41) is 10.2. The molecule has 0 aromatic carbocycles. The largest absolute Gasteiger partial charge is 0.379 e. The summed E-state index contributed by atoms with van der Waals surface area (Å²) in [6.45, 7) is 2.78. The Hall–Kier alpha value is -1.20. The monoisotopic (exact) mass is 281 g/mol. The molecule has 1 unspecified atom stereocenters. The quantitative estimate of drug-likeness (QED) is 0.938. The smallest absolute Gasteiger partial charge is 0.155 e. The van der Waals surface area contributed by atoms with Gasteiger partial charge in [-0.05, 0) is 35.0 Å². The van der Waals surface area contributed by atoms with Gasteiger partial charge in [0.15, 0.2) is 6.10 Å². The zero-order valence-corrected chi connectivity index (χ0v) is 10.4. The maximum absolute atomic E-state index is 10.2. The van der Waals surface area contributed by atoms with Crippen molar-refractivity contribution >= 4 is 15.9 Å². The molecule has 1 atom stereocenters. The van der Waals surface area contributed by atoms with E-state index in [0.717, 1.165) is 11.0 Å². The van der Waals surface area contributed by atoms with Crippen molar-refractivity contribution in [2.24, 2.45) is 0 Å². The number of rotatable bonds is 3. The van der Waals surface area contributed by atoms with Crippen LogP contribution < -0.4 is 0 Å². The first-order valence-corrected chi connectivity index (χ1v) is 5.82. The fourth-order valence-corrected chi connectivity index (χ4v) is 2.03. The molecule has 0 amide bonds. The van der Waals surface area contributed by atoms with E-state index in [9.17, 15) is 5.11 Å². The molecule has 2 rings (SSSR count). The number of aromatic nitrogens is 3. The number of imidazole rings is 1. The van der Waals surface area contributed by atoms with Gasteiger partial charge in [-0.15, -0.1) is 0 Å². The number of hydrogen-bond donors (Lipinski definition) is 1. The van der Waals surface area contributed by atoms with E-state index in [0.29, 0.717) is 11.5 Å². The molecule has 2 heterocycles. The first-order valence-electron chi connectivity index (χ1n) is 5.03. The van der Waals surface area contributed by atoms with E-state index in [4.69, 9.17) is 0 Å². The Labute approximate surface area is 102 Å². The minimum absolute atomic E-state index is 0.586. The lowest BCUT2D eigenvalue weighted by atomic mass is 10.2.